The van der Waals surface area contributed by atoms with Crippen molar-refractivity contribution in [2.24, 2.45) is 5.92 Å². The van der Waals surface area contributed by atoms with Gasteiger partial charge in [-0.3, -0.25) is 4.98 Å². The van der Waals surface area contributed by atoms with E-state index in [1.54, 1.807) is 0 Å². The predicted molar refractivity (Wildman–Crippen MR) is 71.4 cm³/mol. The molecule has 2 unspecified atom stereocenters. The topological polar surface area (TPSA) is 12.9 Å². The molecule has 3 rings (SSSR count). The van der Waals surface area contributed by atoms with Crippen LogP contribution >= 0.6 is 0 Å². The Balaban J connectivity index is 0.000000291. The third-order valence-electron chi connectivity index (χ3n) is 2.92. The molecule has 1 heterocycles. The summed E-state index contributed by atoms with van der Waals surface area (Å²) in [6.45, 7) is 10.2. The first-order chi connectivity index (χ1) is 7.86. The lowest BCUT2D eigenvalue weighted by Crippen LogP contribution is -1.98. The van der Waals surface area contributed by atoms with Crippen LogP contribution in [-0.2, 0) is 0 Å². The number of nitrogens with zero attached hydrogens (tertiary/aromatic N) is 1. The maximum absolute atomic E-state index is 4.45. The molecule has 16 heavy (non-hydrogen) atoms. The molecule has 1 heteroatoms. The molecule has 0 aromatic carbocycles. The quantitative estimate of drug-likeness (QED) is 0.616. The van der Waals surface area contributed by atoms with Crippen molar-refractivity contribution in [1.82, 2.24) is 4.98 Å². The molecule has 0 aliphatic heterocycles. The van der Waals surface area contributed by atoms with Crippen molar-refractivity contribution in [2.75, 3.05) is 0 Å². The van der Waals surface area contributed by atoms with Crippen LogP contribution in [0, 0.1) is 5.92 Å². The van der Waals surface area contributed by atoms with Crippen LogP contribution in [0.4, 0.5) is 0 Å². The molecule has 0 N–H and O–H groups in total. The molecular formula is C15H23N. The monoisotopic (exact) mass is 217 g/mol. The Morgan fingerprint density at radius 2 is 1.88 bits per heavy atom. The van der Waals surface area contributed by atoms with Gasteiger partial charge in [-0.25, -0.2) is 0 Å². The summed E-state index contributed by atoms with van der Waals surface area (Å²) in [6.07, 6.45) is 5.63. The normalized spacial score (nSPS) is 23.4. The number of pyridine rings is 1. The molecule has 1 nitrogen and oxygen atoms in total. The van der Waals surface area contributed by atoms with Gasteiger partial charge in [0.05, 0.1) is 5.69 Å². The van der Waals surface area contributed by atoms with Gasteiger partial charge in [0, 0.05) is 12.1 Å². The predicted octanol–water partition coefficient (Wildman–Crippen LogP) is 4.65. The molecule has 0 saturated heterocycles. The van der Waals surface area contributed by atoms with E-state index in [1.165, 1.54) is 23.3 Å². The van der Waals surface area contributed by atoms with Gasteiger partial charge in [0.1, 0.15) is 0 Å². The summed E-state index contributed by atoms with van der Waals surface area (Å²) in [4.78, 5) is 4.45. The Morgan fingerprint density at radius 3 is 2.56 bits per heavy atom. The van der Waals surface area contributed by atoms with Gasteiger partial charge in [0.2, 0.25) is 0 Å². The number of fused-ring (bicyclic) bond motifs is 3. The van der Waals surface area contributed by atoms with Gasteiger partial charge < -0.3 is 0 Å². The summed E-state index contributed by atoms with van der Waals surface area (Å²) in [7, 11) is 0. The maximum atomic E-state index is 4.45. The van der Waals surface area contributed by atoms with E-state index in [4.69, 9.17) is 0 Å². The van der Waals surface area contributed by atoms with Crippen molar-refractivity contribution in [2.45, 2.75) is 47.0 Å². The second-order valence-electron chi connectivity index (χ2n) is 3.79. The molecule has 2 aliphatic carbocycles. The Kier molecular flexibility index (Phi) is 4.72. The first-order valence-electron chi connectivity index (χ1n) is 6.50. The van der Waals surface area contributed by atoms with Crippen LogP contribution in [0.25, 0.3) is 5.57 Å². The highest BCUT2D eigenvalue weighted by molar-refractivity contribution is 5.70. The van der Waals surface area contributed by atoms with Crippen LogP contribution in [0.1, 0.15) is 58.2 Å². The Bertz CT molecular complexity index is 365. The maximum Gasteiger partial charge on any atom is 0.0515 e. The van der Waals surface area contributed by atoms with Gasteiger partial charge in [-0.1, -0.05) is 39.8 Å². The molecule has 0 radical (unpaired) electrons. The molecule has 2 atom stereocenters. The van der Waals surface area contributed by atoms with Crippen molar-refractivity contribution in [3.8, 4) is 0 Å². The van der Waals surface area contributed by atoms with Crippen LogP contribution in [0.5, 0.6) is 0 Å². The lowest BCUT2D eigenvalue weighted by Gasteiger charge is -2.12. The number of aromatic nitrogens is 1. The smallest absolute Gasteiger partial charge is 0.0515 e. The Morgan fingerprint density at radius 1 is 1.19 bits per heavy atom. The highest BCUT2D eigenvalue weighted by Crippen LogP contribution is 2.53. The number of allylic oxidation sites excluding steroid dienone is 2. The summed E-state index contributed by atoms with van der Waals surface area (Å²) in [5.41, 5.74) is 4.12. The molecule has 1 aromatic heterocycles. The van der Waals surface area contributed by atoms with Crippen LogP contribution in [-0.4, -0.2) is 4.98 Å². The molecule has 2 aliphatic rings. The van der Waals surface area contributed by atoms with E-state index in [9.17, 15) is 0 Å². The summed E-state index contributed by atoms with van der Waals surface area (Å²) >= 11 is 0. The van der Waals surface area contributed by atoms with Crippen molar-refractivity contribution in [3.05, 3.63) is 35.7 Å². The molecular weight excluding hydrogens is 194 g/mol. The second-order valence-corrected chi connectivity index (χ2v) is 3.79. The Labute approximate surface area is 99.6 Å². The Hall–Kier alpha value is -1.11. The highest BCUT2D eigenvalue weighted by atomic mass is 14.7. The molecule has 0 amide bonds. The summed E-state index contributed by atoms with van der Waals surface area (Å²) in [5, 5.41) is 0. The third-order valence-corrected chi connectivity index (χ3v) is 2.92. The fourth-order valence-corrected chi connectivity index (χ4v) is 2.17. The average molecular weight is 217 g/mol. The van der Waals surface area contributed by atoms with E-state index >= 15 is 0 Å². The minimum atomic E-state index is 0.755. The zero-order valence-corrected chi connectivity index (χ0v) is 11.1. The SMILES string of the molecule is CC.CC.CC1=CC2CC2c2ncccc21. The zero-order valence-electron chi connectivity index (χ0n) is 11.1. The summed E-state index contributed by atoms with van der Waals surface area (Å²) in [5.74, 6) is 1.57. The van der Waals surface area contributed by atoms with E-state index in [2.05, 4.69) is 24.1 Å². The first-order valence-corrected chi connectivity index (χ1v) is 6.50. The minimum absolute atomic E-state index is 0.755. The van der Waals surface area contributed by atoms with Crippen molar-refractivity contribution in [1.29, 1.82) is 0 Å². The van der Waals surface area contributed by atoms with E-state index in [1.807, 2.05) is 40.0 Å². The summed E-state index contributed by atoms with van der Waals surface area (Å²) in [6, 6.07) is 4.21. The fourth-order valence-electron chi connectivity index (χ4n) is 2.17. The van der Waals surface area contributed by atoms with E-state index < -0.39 is 0 Å². The van der Waals surface area contributed by atoms with Gasteiger partial charge in [-0.15, -0.1) is 0 Å². The van der Waals surface area contributed by atoms with Gasteiger partial charge in [0.25, 0.3) is 0 Å². The molecule has 0 spiro atoms. The lowest BCUT2D eigenvalue weighted by molar-refractivity contribution is 0.928. The van der Waals surface area contributed by atoms with Gasteiger partial charge in [-0.05, 0) is 36.5 Å². The zero-order chi connectivity index (χ0) is 12.1. The number of hydrogen-bond acceptors (Lipinski definition) is 1. The molecule has 1 fully saturated rings. The molecule has 1 saturated carbocycles. The van der Waals surface area contributed by atoms with Gasteiger partial charge in [0.15, 0.2) is 0 Å². The van der Waals surface area contributed by atoms with Crippen LogP contribution in [0.2, 0.25) is 0 Å². The molecule has 0 bridgehead atoms. The van der Waals surface area contributed by atoms with Gasteiger partial charge in [-0.2, -0.15) is 0 Å². The number of rotatable bonds is 0. The minimum Gasteiger partial charge on any atom is -0.260 e. The largest absolute Gasteiger partial charge is 0.260 e. The van der Waals surface area contributed by atoms with Crippen LogP contribution in [0.3, 0.4) is 0 Å². The molecule has 88 valence electrons. The van der Waals surface area contributed by atoms with Crippen molar-refractivity contribution < 1.29 is 0 Å². The fraction of sp³-hybridized carbons (Fsp3) is 0.533. The first kappa shape index (κ1) is 13.0. The van der Waals surface area contributed by atoms with E-state index in [-0.39, 0.29) is 0 Å². The highest BCUT2D eigenvalue weighted by Gasteiger charge is 2.41. The van der Waals surface area contributed by atoms with E-state index in [0.717, 1.165) is 11.8 Å². The van der Waals surface area contributed by atoms with Gasteiger partial charge >= 0.3 is 0 Å². The summed E-state index contributed by atoms with van der Waals surface area (Å²) < 4.78 is 0. The van der Waals surface area contributed by atoms with E-state index in [0.29, 0.717) is 0 Å². The lowest BCUT2D eigenvalue weighted by atomic mass is 9.96. The van der Waals surface area contributed by atoms with Crippen LogP contribution < -0.4 is 0 Å². The second kappa shape index (κ2) is 5.83. The van der Waals surface area contributed by atoms with Crippen molar-refractivity contribution >= 4 is 5.57 Å². The number of hydrogen-bond donors (Lipinski definition) is 0. The third kappa shape index (κ3) is 2.34. The van der Waals surface area contributed by atoms with Crippen molar-refractivity contribution in [3.63, 3.8) is 0 Å². The molecule has 1 aromatic rings. The standard InChI is InChI=1S/C11H11N.2C2H6/c1-7-5-8-6-10(8)11-9(7)3-2-4-12-11;2*1-2/h2-5,8,10H,6H2,1H3;2*1-2H3. The average Bonchev–Trinajstić information content (AvgIpc) is 3.14. The van der Waals surface area contributed by atoms with Crippen LogP contribution in [0.15, 0.2) is 24.4 Å².